The second-order valence-electron chi connectivity index (χ2n) is 4.66. The minimum absolute atomic E-state index is 0.167. The van der Waals surface area contributed by atoms with Crippen molar-refractivity contribution in [1.29, 1.82) is 0 Å². The van der Waals surface area contributed by atoms with Crippen molar-refractivity contribution in [1.82, 2.24) is 19.8 Å². The van der Waals surface area contributed by atoms with Gasteiger partial charge in [-0.25, -0.2) is 9.31 Å². The molecule has 6 nitrogen and oxygen atoms in total. The molecule has 2 aromatic heterocycles. The molecule has 0 N–H and O–H groups in total. The third-order valence-electron chi connectivity index (χ3n) is 3.27. The first-order valence-corrected chi connectivity index (χ1v) is 7.13. The Kier molecular flexibility index (Phi) is 3.77. The number of nitrogens with zero attached hydrogens (tertiary/aromatic N) is 4. The number of hydrogen-bond acceptors (Lipinski definition) is 5. The average molecular weight is 317 g/mol. The van der Waals surface area contributed by atoms with E-state index in [1.54, 1.807) is 36.7 Å². The summed E-state index contributed by atoms with van der Waals surface area (Å²) in [6.07, 6.45) is 1.69. The first-order valence-electron chi connectivity index (χ1n) is 6.76. The highest BCUT2D eigenvalue weighted by molar-refractivity contribution is 6.30. The van der Waals surface area contributed by atoms with Crippen molar-refractivity contribution in [3.8, 4) is 11.1 Å². The van der Waals surface area contributed by atoms with Crippen LogP contribution in [0.15, 0.2) is 30.5 Å². The number of esters is 1. The molecule has 0 unspecified atom stereocenters. The third kappa shape index (κ3) is 2.42. The van der Waals surface area contributed by atoms with Gasteiger partial charge in [-0.05, 0) is 31.5 Å². The molecular formula is C15H13ClN4O2. The molecule has 0 bridgehead atoms. The Hall–Kier alpha value is -2.47. The first kappa shape index (κ1) is 14.5. The molecule has 0 aliphatic heterocycles. The van der Waals surface area contributed by atoms with Crippen LogP contribution in [0.2, 0.25) is 5.02 Å². The number of rotatable bonds is 3. The molecule has 0 fully saturated rings. The molecule has 0 atom stereocenters. The highest BCUT2D eigenvalue weighted by Gasteiger charge is 2.18. The summed E-state index contributed by atoms with van der Waals surface area (Å²) < 4.78 is 6.55. The normalized spacial score (nSPS) is 10.9. The van der Waals surface area contributed by atoms with Crippen LogP contribution in [0.3, 0.4) is 0 Å². The van der Waals surface area contributed by atoms with Crippen LogP contribution in [0, 0.1) is 6.92 Å². The number of ether oxygens (including phenoxy) is 1. The van der Waals surface area contributed by atoms with Gasteiger partial charge in [-0.15, -0.1) is 10.2 Å². The molecule has 2 heterocycles. The zero-order chi connectivity index (χ0) is 15.7. The van der Waals surface area contributed by atoms with E-state index < -0.39 is 5.97 Å². The van der Waals surface area contributed by atoms with Gasteiger partial charge in [-0.2, -0.15) is 5.10 Å². The molecular weight excluding hydrogens is 304 g/mol. The number of hydrogen-bond donors (Lipinski definition) is 0. The summed E-state index contributed by atoms with van der Waals surface area (Å²) in [7, 11) is 0. The highest BCUT2D eigenvalue weighted by atomic mass is 35.5. The number of aryl methyl sites for hydroxylation is 1. The lowest BCUT2D eigenvalue weighted by Crippen LogP contribution is -2.14. The second-order valence-corrected chi connectivity index (χ2v) is 5.09. The maximum atomic E-state index is 11.8. The van der Waals surface area contributed by atoms with Gasteiger partial charge >= 0.3 is 5.97 Å². The van der Waals surface area contributed by atoms with Gasteiger partial charge < -0.3 is 4.74 Å². The number of carbonyl (C=O) groups is 1. The molecule has 3 aromatic rings. The maximum absolute atomic E-state index is 11.8. The van der Waals surface area contributed by atoms with Gasteiger partial charge in [-0.1, -0.05) is 23.7 Å². The molecule has 7 heteroatoms. The van der Waals surface area contributed by atoms with Crippen molar-refractivity contribution in [3.05, 3.63) is 46.9 Å². The summed E-state index contributed by atoms with van der Waals surface area (Å²) in [6.45, 7) is 3.78. The maximum Gasteiger partial charge on any atom is 0.360 e. The topological polar surface area (TPSA) is 69.4 Å². The quantitative estimate of drug-likeness (QED) is 0.695. The molecule has 3 rings (SSSR count). The Morgan fingerprint density at radius 1 is 1.27 bits per heavy atom. The lowest BCUT2D eigenvalue weighted by Gasteiger charge is -2.05. The number of aromatic nitrogens is 4. The standard InChI is InChI=1S/C15H13ClN4O2/c1-3-22-15(21)13-9(2)20-14(19-18-13)12(8-17-20)10-4-6-11(16)7-5-10/h4-8H,3H2,1-2H3. The zero-order valence-electron chi connectivity index (χ0n) is 12.1. The fraction of sp³-hybridized carbons (Fsp3) is 0.200. The molecule has 0 saturated heterocycles. The van der Waals surface area contributed by atoms with Crippen molar-refractivity contribution in [2.24, 2.45) is 0 Å². The van der Waals surface area contributed by atoms with Crippen molar-refractivity contribution >= 4 is 23.2 Å². The molecule has 0 saturated carbocycles. The van der Waals surface area contributed by atoms with E-state index >= 15 is 0 Å². The summed E-state index contributed by atoms with van der Waals surface area (Å²) in [6, 6.07) is 7.37. The van der Waals surface area contributed by atoms with Crippen molar-refractivity contribution in [3.63, 3.8) is 0 Å². The van der Waals surface area contributed by atoms with E-state index in [0.29, 0.717) is 16.4 Å². The Bertz CT molecular complexity index is 843. The molecule has 1 aromatic carbocycles. The first-order chi connectivity index (χ1) is 10.6. The summed E-state index contributed by atoms with van der Waals surface area (Å²) in [5, 5.41) is 13.1. The number of carbonyl (C=O) groups excluding carboxylic acids is 1. The number of halogens is 1. The van der Waals surface area contributed by atoms with Crippen LogP contribution in [-0.4, -0.2) is 32.4 Å². The predicted molar refractivity (Wildman–Crippen MR) is 81.9 cm³/mol. The smallest absolute Gasteiger partial charge is 0.360 e. The van der Waals surface area contributed by atoms with E-state index in [0.717, 1.165) is 11.1 Å². The fourth-order valence-electron chi connectivity index (χ4n) is 2.17. The van der Waals surface area contributed by atoms with Crippen LogP contribution >= 0.6 is 11.6 Å². The van der Waals surface area contributed by atoms with Gasteiger partial charge in [0.15, 0.2) is 11.3 Å². The van der Waals surface area contributed by atoms with Gasteiger partial charge in [0.1, 0.15) is 0 Å². The average Bonchev–Trinajstić information content (AvgIpc) is 2.93. The summed E-state index contributed by atoms with van der Waals surface area (Å²) in [4.78, 5) is 11.8. The SMILES string of the molecule is CCOC(=O)c1nnc2c(-c3ccc(Cl)cc3)cnn2c1C. The lowest BCUT2D eigenvalue weighted by atomic mass is 10.1. The zero-order valence-corrected chi connectivity index (χ0v) is 12.8. The Balaban J connectivity index is 2.11. The van der Waals surface area contributed by atoms with E-state index in [2.05, 4.69) is 15.3 Å². The van der Waals surface area contributed by atoms with Gasteiger partial charge in [0.2, 0.25) is 0 Å². The number of benzene rings is 1. The van der Waals surface area contributed by atoms with Crippen LogP contribution in [0.25, 0.3) is 16.8 Å². The Morgan fingerprint density at radius 3 is 2.68 bits per heavy atom. The Morgan fingerprint density at radius 2 is 2.00 bits per heavy atom. The fourth-order valence-corrected chi connectivity index (χ4v) is 2.30. The van der Waals surface area contributed by atoms with Crippen LogP contribution in [-0.2, 0) is 4.74 Å². The van der Waals surface area contributed by atoms with Crippen molar-refractivity contribution in [2.45, 2.75) is 13.8 Å². The molecule has 0 aliphatic carbocycles. The van der Waals surface area contributed by atoms with Crippen LogP contribution in [0.5, 0.6) is 0 Å². The molecule has 0 radical (unpaired) electrons. The molecule has 22 heavy (non-hydrogen) atoms. The molecule has 0 amide bonds. The minimum Gasteiger partial charge on any atom is -0.461 e. The van der Waals surface area contributed by atoms with E-state index in [-0.39, 0.29) is 12.3 Å². The Labute approximate surface area is 131 Å². The summed E-state index contributed by atoms with van der Waals surface area (Å²) >= 11 is 5.90. The summed E-state index contributed by atoms with van der Waals surface area (Å²) in [5.41, 5.74) is 3.08. The van der Waals surface area contributed by atoms with Crippen molar-refractivity contribution < 1.29 is 9.53 Å². The van der Waals surface area contributed by atoms with Crippen LogP contribution in [0.1, 0.15) is 23.1 Å². The summed E-state index contributed by atoms with van der Waals surface area (Å²) in [5.74, 6) is -0.502. The molecule has 0 spiro atoms. The van der Waals surface area contributed by atoms with Gasteiger partial charge in [-0.3, -0.25) is 0 Å². The highest BCUT2D eigenvalue weighted by Crippen LogP contribution is 2.25. The predicted octanol–water partition coefficient (Wildman–Crippen LogP) is 2.93. The van der Waals surface area contributed by atoms with Crippen LogP contribution < -0.4 is 0 Å². The molecule has 0 aliphatic rings. The monoisotopic (exact) mass is 316 g/mol. The van der Waals surface area contributed by atoms with Gasteiger partial charge in [0, 0.05) is 10.6 Å². The minimum atomic E-state index is -0.502. The van der Waals surface area contributed by atoms with Crippen LogP contribution in [0.4, 0.5) is 0 Å². The van der Waals surface area contributed by atoms with Gasteiger partial charge in [0.25, 0.3) is 0 Å². The van der Waals surface area contributed by atoms with E-state index in [9.17, 15) is 4.79 Å². The van der Waals surface area contributed by atoms with E-state index in [1.165, 1.54) is 0 Å². The second kappa shape index (κ2) is 5.73. The van der Waals surface area contributed by atoms with Crippen molar-refractivity contribution in [2.75, 3.05) is 6.61 Å². The number of fused-ring (bicyclic) bond motifs is 1. The van der Waals surface area contributed by atoms with E-state index in [4.69, 9.17) is 16.3 Å². The largest absolute Gasteiger partial charge is 0.461 e. The lowest BCUT2D eigenvalue weighted by molar-refractivity contribution is 0.0516. The van der Waals surface area contributed by atoms with Gasteiger partial charge in [0.05, 0.1) is 18.5 Å². The third-order valence-corrected chi connectivity index (χ3v) is 3.52. The molecule has 112 valence electrons. The van der Waals surface area contributed by atoms with E-state index in [1.807, 2.05) is 12.1 Å².